The summed E-state index contributed by atoms with van der Waals surface area (Å²) in [6.45, 7) is 7.92. The third-order valence-corrected chi connectivity index (χ3v) is 9.04. The van der Waals surface area contributed by atoms with Crippen LogP contribution in [0.4, 0.5) is 0 Å². The van der Waals surface area contributed by atoms with Crippen molar-refractivity contribution in [2.45, 2.75) is 78.4 Å². The van der Waals surface area contributed by atoms with E-state index in [0.29, 0.717) is 6.42 Å². The Bertz CT molecular complexity index is 729. The van der Waals surface area contributed by atoms with Gasteiger partial charge in [-0.2, -0.15) is 0 Å². The summed E-state index contributed by atoms with van der Waals surface area (Å²) in [6.07, 6.45) is 6.74. The van der Waals surface area contributed by atoms with Gasteiger partial charge in [0, 0.05) is 18.3 Å². The van der Waals surface area contributed by atoms with Crippen molar-refractivity contribution in [2.24, 2.45) is 34.0 Å². The maximum Gasteiger partial charge on any atom is 0.311 e. The van der Waals surface area contributed by atoms with Gasteiger partial charge in [-0.15, -0.1) is 0 Å². The predicted octanol–water partition coefficient (Wildman–Crippen LogP) is 3.64. The SMILES string of the molecule is COC(=O)[C@]1(C)CCC[C@@]2(C)[C@@H]3C[C@H](OC(C)=O)[C@H]4C[C@]3(C=C4C)[C@H](O)C[C@@H]21. The van der Waals surface area contributed by atoms with E-state index in [9.17, 15) is 14.7 Å². The maximum absolute atomic E-state index is 12.8. The normalized spacial score (nSPS) is 49.5. The molecule has 0 saturated heterocycles. The minimum atomic E-state index is -0.574. The lowest BCUT2D eigenvalue weighted by Crippen LogP contribution is -2.64. The monoisotopic (exact) mass is 390 g/mol. The molecular weight excluding hydrogens is 356 g/mol. The number of carbonyl (C=O) groups excluding carboxylic acids is 2. The Morgan fingerprint density at radius 2 is 1.89 bits per heavy atom. The average Bonchev–Trinajstić information content (AvgIpc) is 2.92. The maximum atomic E-state index is 12.8. The highest BCUT2D eigenvalue weighted by molar-refractivity contribution is 5.77. The quantitative estimate of drug-likeness (QED) is 0.576. The van der Waals surface area contributed by atoms with E-state index in [2.05, 4.69) is 19.9 Å². The summed E-state index contributed by atoms with van der Waals surface area (Å²) in [4.78, 5) is 24.5. The zero-order valence-corrected chi connectivity index (χ0v) is 17.8. The summed E-state index contributed by atoms with van der Waals surface area (Å²) in [6, 6.07) is 0. The predicted molar refractivity (Wildman–Crippen MR) is 104 cm³/mol. The lowest BCUT2D eigenvalue weighted by atomic mass is 9.40. The fourth-order valence-corrected chi connectivity index (χ4v) is 7.89. The number of methoxy groups -OCH3 is 1. The lowest BCUT2D eigenvalue weighted by molar-refractivity contribution is -0.212. The molecule has 156 valence electrons. The topological polar surface area (TPSA) is 72.8 Å². The van der Waals surface area contributed by atoms with Gasteiger partial charge < -0.3 is 14.6 Å². The summed E-state index contributed by atoms with van der Waals surface area (Å²) in [5.41, 5.74) is 0.312. The van der Waals surface area contributed by atoms with Crippen molar-refractivity contribution in [1.82, 2.24) is 0 Å². The number of hydrogen-bond donors (Lipinski definition) is 1. The molecule has 0 aromatic rings. The first-order valence-corrected chi connectivity index (χ1v) is 10.7. The van der Waals surface area contributed by atoms with Gasteiger partial charge >= 0.3 is 11.9 Å². The first-order valence-electron chi connectivity index (χ1n) is 10.7. The van der Waals surface area contributed by atoms with Crippen LogP contribution in [0, 0.1) is 34.0 Å². The Hall–Kier alpha value is -1.36. The Morgan fingerprint density at radius 1 is 1.18 bits per heavy atom. The molecule has 1 N–H and O–H groups in total. The van der Waals surface area contributed by atoms with Crippen LogP contribution >= 0.6 is 0 Å². The largest absolute Gasteiger partial charge is 0.469 e. The van der Waals surface area contributed by atoms with Crippen LogP contribution in [0.2, 0.25) is 0 Å². The highest BCUT2D eigenvalue weighted by Gasteiger charge is 2.68. The highest BCUT2D eigenvalue weighted by Crippen LogP contribution is 2.71. The minimum absolute atomic E-state index is 0.0654. The summed E-state index contributed by atoms with van der Waals surface area (Å²) in [5, 5.41) is 11.4. The second kappa shape index (κ2) is 6.32. The van der Waals surface area contributed by atoms with E-state index < -0.39 is 11.5 Å². The van der Waals surface area contributed by atoms with Crippen LogP contribution < -0.4 is 0 Å². The molecule has 4 aliphatic rings. The Kier molecular flexibility index (Phi) is 4.50. The molecule has 0 heterocycles. The van der Waals surface area contributed by atoms with Gasteiger partial charge in [0.15, 0.2) is 0 Å². The fourth-order valence-electron chi connectivity index (χ4n) is 7.89. The van der Waals surface area contributed by atoms with E-state index in [1.807, 2.05) is 6.92 Å². The van der Waals surface area contributed by atoms with Crippen molar-refractivity contribution >= 4 is 11.9 Å². The van der Waals surface area contributed by atoms with Crippen molar-refractivity contribution in [3.63, 3.8) is 0 Å². The standard InChI is InChI=1S/C23H34O5/c1-13-11-23-12-15(13)16(28-14(2)24)9-18(23)21(3)7-6-8-22(4,20(26)27-5)17(21)10-19(23)25/h11,15-19,25H,6-10,12H2,1-5H3/t15-,16-,17-,18-,19+,21+,22+,23-/m0/s1. The van der Waals surface area contributed by atoms with Crippen LogP contribution in [0.3, 0.4) is 0 Å². The summed E-state index contributed by atoms with van der Waals surface area (Å²) >= 11 is 0. The fraction of sp³-hybridized carbons (Fsp3) is 0.826. The molecule has 3 fully saturated rings. The first kappa shape index (κ1) is 19.9. The lowest BCUT2D eigenvalue weighted by Gasteiger charge is -2.65. The van der Waals surface area contributed by atoms with E-state index in [4.69, 9.17) is 9.47 Å². The molecule has 0 aromatic carbocycles. The second-order valence-electron chi connectivity index (χ2n) is 10.3. The molecule has 5 heteroatoms. The number of fused-ring (bicyclic) bond motifs is 3. The van der Waals surface area contributed by atoms with Gasteiger partial charge in [-0.3, -0.25) is 9.59 Å². The van der Waals surface area contributed by atoms with E-state index in [1.54, 1.807) is 0 Å². The second-order valence-corrected chi connectivity index (χ2v) is 10.3. The number of hydrogen-bond acceptors (Lipinski definition) is 5. The summed E-state index contributed by atoms with van der Waals surface area (Å²) in [5.74, 6) is 0.0607. The molecule has 5 nitrogen and oxygen atoms in total. The van der Waals surface area contributed by atoms with Crippen molar-refractivity contribution in [1.29, 1.82) is 0 Å². The molecule has 0 aliphatic heterocycles. The van der Waals surface area contributed by atoms with E-state index in [0.717, 1.165) is 32.1 Å². The molecule has 0 aromatic heterocycles. The molecule has 28 heavy (non-hydrogen) atoms. The van der Waals surface area contributed by atoms with Crippen LogP contribution in [-0.2, 0) is 19.1 Å². The van der Waals surface area contributed by atoms with Gasteiger partial charge in [0.05, 0.1) is 18.6 Å². The highest BCUT2D eigenvalue weighted by atomic mass is 16.5. The summed E-state index contributed by atoms with van der Waals surface area (Å²) < 4.78 is 11.0. The number of rotatable bonds is 2. The van der Waals surface area contributed by atoms with Gasteiger partial charge in [-0.25, -0.2) is 0 Å². The summed E-state index contributed by atoms with van der Waals surface area (Å²) in [7, 11) is 1.46. The molecule has 4 rings (SSSR count). The Balaban J connectivity index is 1.79. The molecule has 8 atom stereocenters. The smallest absolute Gasteiger partial charge is 0.311 e. The number of aliphatic hydroxyl groups excluding tert-OH is 1. The number of carbonyl (C=O) groups is 2. The van der Waals surface area contributed by atoms with Gasteiger partial charge in [0.2, 0.25) is 0 Å². The molecule has 1 spiro atoms. The molecule has 0 radical (unpaired) electrons. The van der Waals surface area contributed by atoms with Gasteiger partial charge in [0.25, 0.3) is 0 Å². The molecule has 0 amide bonds. The number of aliphatic hydroxyl groups is 1. The molecule has 4 aliphatic carbocycles. The average molecular weight is 391 g/mol. The zero-order valence-electron chi connectivity index (χ0n) is 17.8. The van der Waals surface area contributed by atoms with Crippen LogP contribution in [0.1, 0.15) is 66.2 Å². The Labute approximate surface area is 167 Å². The van der Waals surface area contributed by atoms with E-state index in [-0.39, 0.29) is 46.6 Å². The van der Waals surface area contributed by atoms with Crippen molar-refractivity contribution in [3.05, 3.63) is 11.6 Å². The van der Waals surface area contributed by atoms with Gasteiger partial charge in [-0.1, -0.05) is 25.0 Å². The van der Waals surface area contributed by atoms with Crippen LogP contribution in [-0.4, -0.2) is 36.4 Å². The third kappa shape index (κ3) is 2.47. The van der Waals surface area contributed by atoms with Crippen molar-refractivity contribution < 1.29 is 24.2 Å². The molecule has 0 unspecified atom stereocenters. The van der Waals surface area contributed by atoms with Crippen LogP contribution in [0.25, 0.3) is 0 Å². The van der Waals surface area contributed by atoms with Crippen LogP contribution in [0.5, 0.6) is 0 Å². The molecule has 3 saturated carbocycles. The van der Waals surface area contributed by atoms with Crippen LogP contribution in [0.15, 0.2) is 11.6 Å². The van der Waals surface area contributed by atoms with Crippen molar-refractivity contribution in [2.75, 3.05) is 7.11 Å². The Morgan fingerprint density at radius 3 is 2.54 bits per heavy atom. The van der Waals surface area contributed by atoms with Gasteiger partial charge in [-0.05, 0) is 63.2 Å². The number of esters is 2. The minimum Gasteiger partial charge on any atom is -0.469 e. The van der Waals surface area contributed by atoms with E-state index >= 15 is 0 Å². The first-order chi connectivity index (χ1) is 13.1. The number of ether oxygens (including phenoxy) is 2. The van der Waals surface area contributed by atoms with Gasteiger partial charge in [0.1, 0.15) is 6.10 Å². The third-order valence-electron chi connectivity index (χ3n) is 9.04. The zero-order chi connectivity index (χ0) is 20.5. The molecular formula is C23H34O5. The van der Waals surface area contributed by atoms with Crippen molar-refractivity contribution in [3.8, 4) is 0 Å². The molecule has 2 bridgehead atoms. The van der Waals surface area contributed by atoms with E-state index in [1.165, 1.54) is 19.6 Å².